The molecule has 11 N–H and O–H groups in total. The summed E-state index contributed by atoms with van der Waals surface area (Å²) in [5.41, 5.74) is 12.1. The van der Waals surface area contributed by atoms with E-state index in [1.807, 2.05) is 13.8 Å². The van der Waals surface area contributed by atoms with Crippen LogP contribution in [0.15, 0.2) is 54.6 Å². The quantitative estimate of drug-likeness (QED) is 0.0480. The Bertz CT molecular complexity index is 1770. The zero-order valence-corrected chi connectivity index (χ0v) is 37.0. The lowest BCUT2D eigenvalue weighted by Crippen LogP contribution is -2.57. The average Bonchev–Trinajstić information content (AvgIpc) is 3.24. The number of carboxylic acid groups (broad SMARTS) is 1. The van der Waals surface area contributed by atoms with Crippen LogP contribution in [-0.4, -0.2) is 87.8 Å². The summed E-state index contributed by atoms with van der Waals surface area (Å²) in [7, 11) is 0. The van der Waals surface area contributed by atoms with Crippen LogP contribution in [0.3, 0.4) is 0 Å². The summed E-state index contributed by atoms with van der Waals surface area (Å²) in [5, 5.41) is 32.8. The number of benzene rings is 2. The maximum absolute atomic E-state index is 13.2. The fourth-order valence-corrected chi connectivity index (χ4v) is 6.85. The maximum Gasteiger partial charge on any atom is 0.326 e. The van der Waals surface area contributed by atoms with Crippen LogP contribution in [0.4, 0.5) is 5.69 Å². The molecule has 63 heavy (non-hydrogen) atoms. The van der Waals surface area contributed by atoms with Gasteiger partial charge in [0.15, 0.2) is 0 Å². The first kappa shape index (κ1) is 53.3. The lowest BCUT2D eigenvalue weighted by molar-refractivity contribution is -0.142. The Morgan fingerprint density at radius 3 is 1.54 bits per heavy atom. The number of carbonyl (C=O) groups is 8. The highest BCUT2D eigenvalue weighted by Crippen LogP contribution is 2.16. The molecule has 0 heterocycles. The average molecular weight is 880 g/mol. The second kappa shape index (κ2) is 29.5. The molecule has 0 saturated heterocycles. The molecule has 0 radical (unpaired) electrons. The predicted octanol–water partition coefficient (Wildman–Crippen LogP) is 3.75. The number of hydrogen-bond donors (Lipinski definition) is 9. The van der Waals surface area contributed by atoms with E-state index in [1.54, 1.807) is 30.3 Å². The Hall–Kier alpha value is -5.84. The first-order valence-electron chi connectivity index (χ1n) is 22.2. The molecule has 6 atom stereocenters. The Kier molecular flexibility index (Phi) is 24.9. The third-order valence-electron chi connectivity index (χ3n) is 10.9. The van der Waals surface area contributed by atoms with Gasteiger partial charge in [0.1, 0.15) is 24.2 Å². The third kappa shape index (κ3) is 21.7. The summed E-state index contributed by atoms with van der Waals surface area (Å²) in [4.78, 5) is 99.1. The summed E-state index contributed by atoms with van der Waals surface area (Å²) >= 11 is 0. The predicted molar refractivity (Wildman–Crippen MR) is 239 cm³/mol. The Morgan fingerprint density at radius 1 is 0.587 bits per heavy atom. The van der Waals surface area contributed by atoms with Gasteiger partial charge in [-0.25, -0.2) is 4.79 Å². The van der Waals surface area contributed by atoms with Crippen LogP contribution in [-0.2, 0) is 40.0 Å². The topological polar surface area (TPSA) is 289 Å². The highest BCUT2D eigenvalue weighted by Gasteiger charge is 2.32. The van der Waals surface area contributed by atoms with Crippen molar-refractivity contribution in [3.8, 4) is 0 Å². The van der Waals surface area contributed by atoms with E-state index in [4.69, 9.17) is 11.5 Å². The van der Waals surface area contributed by atoms with Crippen molar-refractivity contribution in [3.63, 3.8) is 0 Å². The van der Waals surface area contributed by atoms with Crippen molar-refractivity contribution in [2.45, 2.75) is 160 Å². The molecular formula is C46H69N7O10. The van der Waals surface area contributed by atoms with Gasteiger partial charge in [-0.3, -0.25) is 33.6 Å². The van der Waals surface area contributed by atoms with E-state index < -0.39 is 78.1 Å². The van der Waals surface area contributed by atoms with Gasteiger partial charge in [-0.1, -0.05) is 115 Å². The number of carbonyl (C=O) groups excluding carboxylic acids is 7. The first-order chi connectivity index (χ1) is 30.0. The number of aliphatic hydroxyl groups excluding tert-OH is 1. The van der Waals surface area contributed by atoms with E-state index >= 15 is 0 Å². The highest BCUT2D eigenvalue weighted by molar-refractivity contribution is 5.99. The zero-order valence-electron chi connectivity index (χ0n) is 37.0. The minimum Gasteiger partial charge on any atom is -0.480 e. The SMILES string of the molecule is CCC(C)[C@@H](NC(=O)[C@@H](NC(=O)CCCCCCCCCCCCCCC(=O)N[C@H](CC(=O)N[C@@H](Cc1ccccc1)C(=O)O)C(N)=O)C(C)O)C(=O)Nc1ccc(C(N)=O)cc1. The van der Waals surface area contributed by atoms with Crippen LogP contribution in [0.2, 0.25) is 0 Å². The summed E-state index contributed by atoms with van der Waals surface area (Å²) in [6, 6.07) is 10.2. The Morgan fingerprint density at radius 2 is 1.08 bits per heavy atom. The second-order valence-electron chi connectivity index (χ2n) is 16.2. The number of nitrogens with two attached hydrogens (primary N) is 2. The minimum atomic E-state index is -1.25. The van der Waals surface area contributed by atoms with E-state index in [0.717, 1.165) is 69.8 Å². The second-order valence-corrected chi connectivity index (χ2v) is 16.2. The largest absolute Gasteiger partial charge is 0.480 e. The van der Waals surface area contributed by atoms with Crippen LogP contribution in [0.1, 0.15) is 139 Å². The molecule has 0 aromatic heterocycles. The van der Waals surface area contributed by atoms with E-state index in [-0.39, 0.29) is 36.7 Å². The standard InChI is InChI=1S/C46H69N7O10/c1-4-30(2)40(44(60)49-34-26-24-33(25-27-34)42(47)58)53-45(61)41(31(3)54)52-38(56)23-19-14-12-10-8-6-5-7-9-11-13-18-22-37(55)50-35(43(48)59)29-39(57)51-36(46(62)63)28-32-20-16-15-17-21-32/h15-17,20-21,24-27,30-31,35-36,40-41,54H,4-14,18-19,22-23,28-29H2,1-3H3,(H2,47,58)(H2,48,59)(H,49,60)(H,50,55)(H,51,57)(H,52,56)(H,53,61)(H,62,63)/t30?,31?,35-,36+,40-,41+/m1/s1. The number of hydrogen-bond acceptors (Lipinski definition) is 9. The molecule has 2 rings (SSSR count). The van der Waals surface area contributed by atoms with E-state index in [2.05, 4.69) is 26.6 Å². The summed E-state index contributed by atoms with van der Waals surface area (Å²) in [6.07, 6.45) is 10.6. The molecular weight excluding hydrogens is 811 g/mol. The maximum atomic E-state index is 13.2. The first-order valence-corrected chi connectivity index (χ1v) is 22.2. The molecule has 0 aliphatic carbocycles. The van der Waals surface area contributed by atoms with E-state index in [0.29, 0.717) is 24.9 Å². The fraction of sp³-hybridized carbons (Fsp3) is 0.565. The van der Waals surface area contributed by atoms with Crippen molar-refractivity contribution >= 4 is 53.0 Å². The van der Waals surface area contributed by atoms with Gasteiger partial charge >= 0.3 is 5.97 Å². The van der Waals surface area contributed by atoms with Gasteiger partial charge in [-0.05, 0) is 55.5 Å². The summed E-state index contributed by atoms with van der Waals surface area (Å²) in [5.74, 6) is -5.58. The molecule has 0 fully saturated rings. The molecule has 2 aromatic rings. The van der Waals surface area contributed by atoms with E-state index in [9.17, 15) is 48.6 Å². The Balaban J connectivity index is 1.57. The zero-order chi connectivity index (χ0) is 46.7. The highest BCUT2D eigenvalue weighted by atomic mass is 16.4. The molecule has 0 aliphatic heterocycles. The number of anilines is 1. The number of primary amides is 2. The molecule has 2 aromatic carbocycles. The molecule has 0 saturated carbocycles. The number of rotatable bonds is 32. The van der Waals surface area contributed by atoms with Crippen LogP contribution in [0.25, 0.3) is 0 Å². The lowest BCUT2D eigenvalue weighted by atomic mass is 9.97. The van der Waals surface area contributed by atoms with Crippen molar-refractivity contribution in [1.82, 2.24) is 21.3 Å². The van der Waals surface area contributed by atoms with Gasteiger partial charge in [0, 0.05) is 30.5 Å². The molecule has 0 spiro atoms. The van der Waals surface area contributed by atoms with Crippen LogP contribution in [0.5, 0.6) is 0 Å². The minimum absolute atomic E-state index is 0.0629. The number of nitrogens with one attached hydrogen (secondary N) is 5. The molecule has 348 valence electrons. The molecule has 0 aliphatic rings. The molecule has 0 bridgehead atoms. The molecule has 7 amide bonds. The van der Waals surface area contributed by atoms with Crippen molar-refractivity contribution < 1.29 is 48.6 Å². The lowest BCUT2D eigenvalue weighted by Gasteiger charge is -2.27. The third-order valence-corrected chi connectivity index (χ3v) is 10.9. The molecule has 17 nitrogen and oxygen atoms in total. The number of aliphatic hydroxyl groups is 1. The fourth-order valence-electron chi connectivity index (χ4n) is 6.85. The summed E-state index contributed by atoms with van der Waals surface area (Å²) in [6.45, 7) is 5.09. The molecule has 17 heteroatoms. The van der Waals surface area contributed by atoms with Crippen molar-refractivity contribution in [3.05, 3.63) is 65.7 Å². The van der Waals surface area contributed by atoms with Crippen LogP contribution in [0, 0.1) is 5.92 Å². The van der Waals surface area contributed by atoms with Gasteiger partial charge < -0.3 is 48.3 Å². The number of aliphatic carboxylic acids is 1. The van der Waals surface area contributed by atoms with Crippen molar-refractivity contribution in [2.75, 3.05) is 5.32 Å². The van der Waals surface area contributed by atoms with Crippen LogP contribution >= 0.6 is 0 Å². The van der Waals surface area contributed by atoms with Gasteiger partial charge in [0.05, 0.1) is 12.5 Å². The van der Waals surface area contributed by atoms with Gasteiger partial charge in [-0.2, -0.15) is 0 Å². The normalized spacial score (nSPS) is 13.8. The van der Waals surface area contributed by atoms with Crippen LogP contribution < -0.4 is 38.1 Å². The van der Waals surface area contributed by atoms with Gasteiger partial charge in [0.25, 0.3) is 0 Å². The monoisotopic (exact) mass is 880 g/mol. The van der Waals surface area contributed by atoms with Gasteiger partial charge in [-0.15, -0.1) is 0 Å². The number of carboxylic acids is 1. The van der Waals surface area contributed by atoms with E-state index in [1.165, 1.54) is 31.2 Å². The van der Waals surface area contributed by atoms with Crippen molar-refractivity contribution in [2.24, 2.45) is 17.4 Å². The smallest absolute Gasteiger partial charge is 0.326 e. The van der Waals surface area contributed by atoms with Crippen molar-refractivity contribution in [1.29, 1.82) is 0 Å². The Labute approximate surface area is 370 Å². The number of amides is 7. The number of unbranched alkanes of at least 4 members (excludes halogenated alkanes) is 11. The van der Waals surface area contributed by atoms with Gasteiger partial charge in [0.2, 0.25) is 41.4 Å². The summed E-state index contributed by atoms with van der Waals surface area (Å²) < 4.78 is 0. The molecule has 2 unspecified atom stereocenters.